The second kappa shape index (κ2) is 37.2. The minimum Gasteiger partial charge on any atom is -0.391 e. The lowest BCUT2D eigenvalue weighted by atomic mass is 9.90. The van der Waals surface area contributed by atoms with Gasteiger partial charge in [0.2, 0.25) is 59.1 Å². The van der Waals surface area contributed by atoms with Crippen LogP contribution in [0.1, 0.15) is 152 Å². The average molecular weight is 1230 g/mol. The fourth-order valence-corrected chi connectivity index (χ4v) is 10.0. The number of likely N-dealkylation sites (N-methyl/N-ethyl adjacent to an activating group) is 1. The second-order valence-corrected chi connectivity index (χ2v) is 23.1. The van der Waals surface area contributed by atoms with E-state index in [4.69, 9.17) is 27.8 Å². The van der Waals surface area contributed by atoms with Gasteiger partial charge in [-0.25, -0.2) is 0 Å². The topological polar surface area (TPSA) is 430 Å². The van der Waals surface area contributed by atoms with Crippen LogP contribution in [0.2, 0.25) is 0 Å². The number of aliphatic hydroxyl groups is 3. The number of rotatable bonds is 22. The van der Waals surface area contributed by atoms with Crippen molar-refractivity contribution in [1.29, 1.82) is 0 Å². The Morgan fingerprint density at radius 1 is 0.706 bits per heavy atom. The van der Waals surface area contributed by atoms with Crippen molar-refractivity contribution in [3.8, 4) is 0 Å². The molecule has 0 spiro atoms. The number of hydrogen-bond acceptors (Lipinski definition) is 16. The maximum absolute atomic E-state index is 14.7. The zero-order chi connectivity index (χ0) is 64.4. The Balaban J connectivity index is 2.76. The highest BCUT2D eigenvalue weighted by atomic mass is 35.5. The first-order valence-electron chi connectivity index (χ1n) is 29.3. The first-order valence-corrected chi connectivity index (χ1v) is 29.8. The van der Waals surface area contributed by atoms with E-state index in [-0.39, 0.29) is 24.8 Å². The van der Waals surface area contributed by atoms with Crippen molar-refractivity contribution >= 4 is 82.5 Å². The summed E-state index contributed by atoms with van der Waals surface area (Å²) >= 11 is 6.28. The van der Waals surface area contributed by atoms with Crippen molar-refractivity contribution in [3.05, 3.63) is 11.8 Å². The molecule has 28 nitrogen and oxygen atoms in total. The van der Waals surface area contributed by atoms with Crippen molar-refractivity contribution in [2.45, 2.75) is 230 Å². The van der Waals surface area contributed by atoms with E-state index in [0.717, 1.165) is 81.1 Å². The molecule has 2 rings (SSSR count). The monoisotopic (exact) mass is 1230 g/mol. The minimum absolute atomic E-state index is 0.0403. The zero-order valence-electron chi connectivity index (χ0n) is 50.8. The van der Waals surface area contributed by atoms with Gasteiger partial charge in [0.25, 0.3) is 11.8 Å². The summed E-state index contributed by atoms with van der Waals surface area (Å²) in [6.45, 7) is 10.9. The summed E-state index contributed by atoms with van der Waals surface area (Å²) in [5, 5.41) is 52.8. The molecule has 0 aromatic rings. The Morgan fingerprint density at radius 3 is 1.81 bits per heavy atom. The number of hydrogen-bond donors (Lipinski definition) is 13. The van der Waals surface area contributed by atoms with E-state index in [1.54, 1.807) is 20.8 Å². The van der Waals surface area contributed by atoms with E-state index < -0.39 is 187 Å². The summed E-state index contributed by atoms with van der Waals surface area (Å²) in [6.07, 6.45) is 1.83. The van der Waals surface area contributed by atoms with Crippen LogP contribution in [-0.4, -0.2) is 201 Å². The minimum atomic E-state index is -2.02. The normalized spacial score (nSPS) is 26.9. The predicted molar refractivity (Wildman–Crippen MR) is 311 cm³/mol. The van der Waals surface area contributed by atoms with Gasteiger partial charge < -0.3 is 83.9 Å². The summed E-state index contributed by atoms with van der Waals surface area (Å²) in [5.74, 6) is -13.7. The number of unbranched alkanes of at least 4 members (excludes halogenated alkanes) is 6. The molecule has 2 aliphatic rings. The van der Waals surface area contributed by atoms with E-state index in [2.05, 4.69) is 42.5 Å². The zero-order valence-corrected chi connectivity index (χ0v) is 51.6. The van der Waals surface area contributed by atoms with Crippen LogP contribution in [0.25, 0.3) is 0 Å². The summed E-state index contributed by atoms with van der Waals surface area (Å²) in [7, 11) is 2.38. The smallest absolute Gasteiger partial charge is 0.268 e. The Hall–Kier alpha value is -6.49. The molecule has 482 valence electrons. The van der Waals surface area contributed by atoms with Crippen LogP contribution in [0.15, 0.2) is 11.8 Å². The lowest BCUT2D eigenvalue weighted by Gasteiger charge is -2.36. The standard InChI is InChI=1S/C56H95ClN12O16/c1-11-34(57)22-19-17-15-13-14-16-18-21-30(5)43-47(75)54(82)64-42(29(3)4)51(79)61-35(12-2)49(77)66-45(32(7)71)53(81)67-44(31(6)70)52(80)62-36(24-25-39(58)72)48(76)60-28-41(74)63-46(33(8)85-10)56(84)68(9)38(27-40(59)73)55(83)69-26-20-23-37(69)50(78)65-43/h12,29-34,36-38,42-47,70-71,75H,11,13-28H2,1-10H3,(H2,58,72)(H2,59,73)(H,60,76)(H,61,79)(H,62,80)(H,63,74)(H,64,82)(H,65,78)(H,66,77)(H,67,81)/b35-12+/t30-,31+,32+,33+,34?,36-,37-,38-,42-,43+,44-,45-,46-,47+/m0/s1. The lowest BCUT2D eigenvalue weighted by Crippen LogP contribution is -2.62. The summed E-state index contributed by atoms with van der Waals surface area (Å²) in [6, 6.07) is -12.8. The van der Waals surface area contributed by atoms with Gasteiger partial charge in [-0.2, -0.15) is 0 Å². The van der Waals surface area contributed by atoms with Crippen LogP contribution >= 0.6 is 11.6 Å². The Labute approximate surface area is 502 Å². The summed E-state index contributed by atoms with van der Waals surface area (Å²) in [4.78, 5) is 167. The maximum Gasteiger partial charge on any atom is 0.268 e. The van der Waals surface area contributed by atoms with Crippen molar-refractivity contribution < 1.29 is 77.6 Å². The molecule has 0 aliphatic carbocycles. The Bertz CT molecular complexity index is 2340. The van der Waals surface area contributed by atoms with Gasteiger partial charge in [0.15, 0.2) is 6.10 Å². The van der Waals surface area contributed by atoms with Crippen LogP contribution in [0.3, 0.4) is 0 Å². The number of primary amides is 2. The second-order valence-electron chi connectivity index (χ2n) is 22.4. The molecule has 0 aromatic heterocycles. The number of alkyl halides is 1. The Morgan fingerprint density at radius 2 is 1.27 bits per heavy atom. The number of allylic oxidation sites excluding steroid dienone is 1. The number of ether oxygens (including phenoxy) is 1. The van der Waals surface area contributed by atoms with E-state index in [9.17, 15) is 72.9 Å². The highest BCUT2D eigenvalue weighted by Crippen LogP contribution is 2.25. The molecule has 15 N–H and O–H groups in total. The number of methoxy groups -OCH3 is 1. The molecule has 85 heavy (non-hydrogen) atoms. The molecule has 2 heterocycles. The summed E-state index contributed by atoms with van der Waals surface area (Å²) < 4.78 is 5.40. The maximum atomic E-state index is 14.7. The van der Waals surface area contributed by atoms with Gasteiger partial charge in [0.1, 0.15) is 48.0 Å². The first-order chi connectivity index (χ1) is 39.9. The van der Waals surface area contributed by atoms with E-state index in [1.807, 2.05) is 6.92 Å². The van der Waals surface area contributed by atoms with Crippen LogP contribution in [0.4, 0.5) is 0 Å². The van der Waals surface area contributed by atoms with Gasteiger partial charge in [-0.3, -0.25) is 57.5 Å². The van der Waals surface area contributed by atoms with Crippen molar-refractivity contribution in [3.63, 3.8) is 0 Å². The number of nitrogens with zero attached hydrogens (tertiary/aromatic N) is 2. The molecule has 0 radical (unpaired) electrons. The highest BCUT2D eigenvalue weighted by Gasteiger charge is 2.44. The predicted octanol–water partition coefficient (Wildman–Crippen LogP) is -2.02. The van der Waals surface area contributed by atoms with Gasteiger partial charge >= 0.3 is 0 Å². The van der Waals surface area contributed by atoms with Gasteiger partial charge in [0, 0.05) is 32.5 Å². The molecule has 0 aromatic carbocycles. The quantitative estimate of drug-likeness (QED) is 0.0316. The van der Waals surface area contributed by atoms with E-state index >= 15 is 0 Å². The molecule has 1 unspecified atom stereocenters. The molecule has 12 amide bonds. The van der Waals surface area contributed by atoms with E-state index in [0.29, 0.717) is 12.8 Å². The van der Waals surface area contributed by atoms with Gasteiger partial charge in [-0.15, -0.1) is 11.6 Å². The molecule has 14 atom stereocenters. The first kappa shape index (κ1) is 74.6. The van der Waals surface area contributed by atoms with Crippen LogP contribution in [0, 0.1) is 11.8 Å². The van der Waals surface area contributed by atoms with Crippen LogP contribution < -0.4 is 54.0 Å². The van der Waals surface area contributed by atoms with E-state index in [1.165, 1.54) is 28.0 Å². The number of halogens is 1. The molecular weight excluding hydrogens is 1130 g/mol. The van der Waals surface area contributed by atoms with Crippen molar-refractivity contribution in [2.75, 3.05) is 27.2 Å². The number of amides is 12. The third-order valence-electron chi connectivity index (χ3n) is 15.3. The van der Waals surface area contributed by atoms with Gasteiger partial charge in [-0.1, -0.05) is 78.7 Å². The lowest BCUT2D eigenvalue weighted by molar-refractivity contribution is -0.151. The third kappa shape index (κ3) is 24.1. The van der Waals surface area contributed by atoms with Crippen LogP contribution in [0.5, 0.6) is 0 Å². The SMILES string of the molecule is C/C=C1/NC(=O)[C@H](C(C)C)NC(=O)[C@H](O)[C@@H]([C@@H](C)CCCCCCCCCC(Cl)CC)NC(=O)[C@@H]2CCCN2C(=O)[C@H](CC(N)=O)N(C)C(=O)[C@H]([C@@H](C)OC)NC(=O)CNC(=O)[C@H](CCC(N)=O)NC(=O)[C@H]([C@@H](C)O)NC(=O)[C@H]([C@@H](C)O)NC1=O. The molecule has 0 saturated carbocycles. The number of nitrogens with one attached hydrogen (secondary N) is 8. The van der Waals surface area contributed by atoms with Crippen molar-refractivity contribution in [2.24, 2.45) is 23.3 Å². The number of carbonyl (C=O) groups is 12. The number of carbonyl (C=O) groups excluding carboxylic acids is 12. The largest absolute Gasteiger partial charge is 0.391 e. The highest BCUT2D eigenvalue weighted by molar-refractivity contribution is 6.20. The van der Waals surface area contributed by atoms with Gasteiger partial charge in [-0.05, 0) is 78.1 Å². The number of fused-ring (bicyclic) bond motifs is 1. The fraction of sp³-hybridized carbons (Fsp3) is 0.750. The van der Waals surface area contributed by atoms with Gasteiger partial charge in [0.05, 0.1) is 37.3 Å². The molecule has 29 heteroatoms. The average Bonchev–Trinajstić information content (AvgIpc) is 3.90. The third-order valence-corrected chi connectivity index (χ3v) is 15.8. The molecule has 0 bridgehead atoms. The number of nitrogens with two attached hydrogens (primary N) is 2. The van der Waals surface area contributed by atoms with Crippen molar-refractivity contribution in [1.82, 2.24) is 52.3 Å². The summed E-state index contributed by atoms with van der Waals surface area (Å²) in [5.41, 5.74) is 10.5. The molecule has 2 saturated heterocycles. The fourth-order valence-electron chi connectivity index (χ4n) is 9.87. The molecule has 2 fully saturated rings. The van der Waals surface area contributed by atoms with Crippen LogP contribution in [-0.2, 0) is 62.3 Å². The molecule has 2 aliphatic heterocycles. The Kier molecular flexibility index (Phi) is 32.6. The number of aliphatic hydroxyl groups excluding tert-OH is 3. The molecular formula is C56H95ClN12O16.